The summed E-state index contributed by atoms with van der Waals surface area (Å²) in [7, 11) is 1.66. The lowest BCUT2D eigenvalue weighted by atomic mass is 9.99. The smallest absolute Gasteiger partial charge is 0.226 e. The number of aromatic nitrogens is 1. The van der Waals surface area contributed by atoms with Gasteiger partial charge in [-0.3, -0.25) is 4.79 Å². The highest BCUT2D eigenvalue weighted by atomic mass is 16.1. The van der Waals surface area contributed by atoms with Crippen LogP contribution < -0.4 is 16.0 Å². The molecule has 0 aromatic carbocycles. The number of carbonyl (C=O) groups excluding carboxylic acids is 1. The molecule has 0 bridgehead atoms. The quantitative estimate of drug-likeness (QED) is 0.735. The summed E-state index contributed by atoms with van der Waals surface area (Å²) in [5.74, 6) is 1.10. The van der Waals surface area contributed by atoms with Crippen LogP contribution in [0.3, 0.4) is 0 Å². The van der Waals surface area contributed by atoms with E-state index in [-0.39, 0.29) is 11.8 Å². The molecule has 1 saturated heterocycles. The van der Waals surface area contributed by atoms with Crippen LogP contribution >= 0.6 is 0 Å². The molecule has 2 rings (SSSR count). The van der Waals surface area contributed by atoms with E-state index in [1.54, 1.807) is 7.05 Å². The first-order valence-electron chi connectivity index (χ1n) is 5.37. The van der Waals surface area contributed by atoms with Gasteiger partial charge in [-0.05, 0) is 12.1 Å². The molecule has 1 fully saturated rings. The zero-order valence-corrected chi connectivity index (χ0v) is 9.31. The number of nitrogens with zero attached hydrogens (tertiary/aromatic N) is 2. The maximum absolute atomic E-state index is 11.3. The van der Waals surface area contributed by atoms with Crippen molar-refractivity contribution in [2.45, 2.75) is 6.54 Å². The number of nitrogens with two attached hydrogens (primary N) is 1. The molecule has 5 nitrogen and oxygen atoms in total. The van der Waals surface area contributed by atoms with E-state index in [0.717, 1.165) is 24.6 Å². The molecule has 1 aliphatic heterocycles. The van der Waals surface area contributed by atoms with E-state index in [2.05, 4.69) is 15.2 Å². The first kappa shape index (κ1) is 10.9. The maximum Gasteiger partial charge on any atom is 0.226 e. The first-order chi connectivity index (χ1) is 7.74. The monoisotopic (exact) mass is 220 g/mol. The topological polar surface area (TPSA) is 71.2 Å². The Morgan fingerprint density at radius 3 is 3.00 bits per heavy atom. The molecule has 0 radical (unpaired) electrons. The largest absolute Gasteiger partial charge is 0.359 e. The summed E-state index contributed by atoms with van der Waals surface area (Å²) in [5.41, 5.74) is 6.41. The Hall–Kier alpha value is -1.62. The van der Waals surface area contributed by atoms with E-state index in [4.69, 9.17) is 5.73 Å². The zero-order valence-electron chi connectivity index (χ0n) is 9.31. The average molecular weight is 220 g/mol. The zero-order chi connectivity index (χ0) is 11.5. The van der Waals surface area contributed by atoms with Crippen molar-refractivity contribution in [3.8, 4) is 0 Å². The van der Waals surface area contributed by atoms with Gasteiger partial charge >= 0.3 is 0 Å². The Morgan fingerprint density at radius 1 is 1.62 bits per heavy atom. The Kier molecular flexibility index (Phi) is 3.05. The van der Waals surface area contributed by atoms with Gasteiger partial charge in [0.25, 0.3) is 0 Å². The van der Waals surface area contributed by atoms with Crippen LogP contribution in [0.25, 0.3) is 0 Å². The highest BCUT2D eigenvalue weighted by molar-refractivity contribution is 5.81. The molecule has 0 saturated carbocycles. The lowest BCUT2D eigenvalue weighted by molar-refractivity contribution is -0.125. The van der Waals surface area contributed by atoms with Crippen LogP contribution in [0.15, 0.2) is 18.2 Å². The van der Waals surface area contributed by atoms with Crippen LogP contribution in [-0.2, 0) is 11.3 Å². The standard InChI is InChI=1S/C11H16N4O/c1-13-11(16)8-6-15(7-8)10-4-2-3-9(5-12)14-10/h2-4,8H,5-7,12H2,1H3,(H,13,16). The number of hydrogen-bond donors (Lipinski definition) is 2. The first-order valence-corrected chi connectivity index (χ1v) is 5.37. The van der Waals surface area contributed by atoms with Crippen LogP contribution in [0.1, 0.15) is 5.69 Å². The second-order valence-corrected chi connectivity index (χ2v) is 3.91. The molecule has 0 aliphatic carbocycles. The van der Waals surface area contributed by atoms with Crippen LogP contribution in [0, 0.1) is 5.92 Å². The van der Waals surface area contributed by atoms with Crippen molar-refractivity contribution in [2.24, 2.45) is 11.7 Å². The van der Waals surface area contributed by atoms with Crippen molar-refractivity contribution in [3.05, 3.63) is 23.9 Å². The summed E-state index contributed by atoms with van der Waals surface area (Å²) in [6.45, 7) is 1.92. The predicted molar refractivity (Wildman–Crippen MR) is 61.9 cm³/mol. The molecule has 1 aromatic heterocycles. The average Bonchev–Trinajstić information content (AvgIpc) is 2.27. The molecule has 1 amide bonds. The summed E-state index contributed by atoms with van der Waals surface area (Å²) in [4.78, 5) is 17.8. The fourth-order valence-corrected chi connectivity index (χ4v) is 1.79. The molecule has 16 heavy (non-hydrogen) atoms. The minimum absolute atomic E-state index is 0.0910. The van der Waals surface area contributed by atoms with Crippen molar-refractivity contribution < 1.29 is 4.79 Å². The fourth-order valence-electron chi connectivity index (χ4n) is 1.79. The lowest BCUT2D eigenvalue weighted by Gasteiger charge is -2.39. The van der Waals surface area contributed by atoms with Crippen molar-refractivity contribution in [1.82, 2.24) is 10.3 Å². The van der Waals surface area contributed by atoms with Gasteiger partial charge in [0, 0.05) is 26.7 Å². The van der Waals surface area contributed by atoms with Crippen molar-refractivity contribution in [1.29, 1.82) is 0 Å². The number of carbonyl (C=O) groups is 1. The van der Waals surface area contributed by atoms with Gasteiger partial charge in [-0.25, -0.2) is 4.98 Å². The third-order valence-electron chi connectivity index (χ3n) is 2.82. The second-order valence-electron chi connectivity index (χ2n) is 3.91. The summed E-state index contributed by atoms with van der Waals surface area (Å²) in [6, 6.07) is 5.79. The highest BCUT2D eigenvalue weighted by Gasteiger charge is 2.32. The Morgan fingerprint density at radius 2 is 2.38 bits per heavy atom. The molecular weight excluding hydrogens is 204 g/mol. The fraction of sp³-hybridized carbons (Fsp3) is 0.455. The van der Waals surface area contributed by atoms with Gasteiger partial charge in [0.2, 0.25) is 5.91 Å². The van der Waals surface area contributed by atoms with E-state index in [1.807, 2.05) is 18.2 Å². The van der Waals surface area contributed by atoms with Gasteiger partial charge in [-0.15, -0.1) is 0 Å². The van der Waals surface area contributed by atoms with Gasteiger partial charge in [-0.2, -0.15) is 0 Å². The van der Waals surface area contributed by atoms with E-state index >= 15 is 0 Å². The SMILES string of the molecule is CNC(=O)C1CN(c2cccc(CN)n2)C1. The Labute approximate surface area is 94.6 Å². The maximum atomic E-state index is 11.3. The molecule has 2 heterocycles. The number of anilines is 1. The van der Waals surface area contributed by atoms with E-state index in [0.29, 0.717) is 6.54 Å². The molecular formula is C11H16N4O. The summed E-state index contributed by atoms with van der Waals surface area (Å²) >= 11 is 0. The second kappa shape index (κ2) is 4.49. The normalized spacial score (nSPS) is 15.8. The van der Waals surface area contributed by atoms with Crippen molar-refractivity contribution in [3.63, 3.8) is 0 Å². The summed E-state index contributed by atoms with van der Waals surface area (Å²) in [5, 5.41) is 2.66. The van der Waals surface area contributed by atoms with Crippen molar-refractivity contribution >= 4 is 11.7 Å². The van der Waals surface area contributed by atoms with E-state index < -0.39 is 0 Å². The minimum Gasteiger partial charge on any atom is -0.359 e. The summed E-state index contributed by atoms with van der Waals surface area (Å²) < 4.78 is 0. The van der Waals surface area contributed by atoms with Gasteiger partial charge < -0.3 is 16.0 Å². The van der Waals surface area contributed by atoms with Crippen molar-refractivity contribution in [2.75, 3.05) is 25.0 Å². The van der Waals surface area contributed by atoms with Gasteiger partial charge in [0.15, 0.2) is 0 Å². The lowest BCUT2D eigenvalue weighted by Crippen LogP contribution is -2.53. The molecule has 0 unspecified atom stereocenters. The number of nitrogens with one attached hydrogen (secondary N) is 1. The van der Waals surface area contributed by atoms with Crippen LogP contribution in [-0.4, -0.2) is 31.0 Å². The Balaban J connectivity index is 1.98. The third-order valence-corrected chi connectivity index (χ3v) is 2.82. The van der Waals surface area contributed by atoms with Gasteiger partial charge in [-0.1, -0.05) is 6.07 Å². The van der Waals surface area contributed by atoms with Crippen LogP contribution in [0.4, 0.5) is 5.82 Å². The van der Waals surface area contributed by atoms with Gasteiger partial charge in [0.05, 0.1) is 11.6 Å². The molecule has 86 valence electrons. The molecule has 1 aromatic rings. The van der Waals surface area contributed by atoms with E-state index in [1.165, 1.54) is 0 Å². The number of pyridine rings is 1. The van der Waals surface area contributed by atoms with Crippen LogP contribution in [0.5, 0.6) is 0 Å². The molecule has 0 spiro atoms. The van der Waals surface area contributed by atoms with Gasteiger partial charge in [0.1, 0.15) is 5.82 Å². The molecule has 0 atom stereocenters. The molecule has 5 heteroatoms. The molecule has 1 aliphatic rings. The van der Waals surface area contributed by atoms with Crippen LogP contribution in [0.2, 0.25) is 0 Å². The predicted octanol–water partition coefficient (Wildman–Crippen LogP) is -0.278. The molecule has 3 N–H and O–H groups in total. The Bertz CT molecular complexity index is 387. The summed E-state index contributed by atoms with van der Waals surface area (Å²) in [6.07, 6.45) is 0. The minimum atomic E-state index is 0.0910. The highest BCUT2D eigenvalue weighted by Crippen LogP contribution is 2.22. The number of hydrogen-bond acceptors (Lipinski definition) is 4. The number of rotatable bonds is 3. The number of amides is 1. The van der Waals surface area contributed by atoms with E-state index in [9.17, 15) is 4.79 Å². The third kappa shape index (κ3) is 1.99.